The lowest BCUT2D eigenvalue weighted by molar-refractivity contribution is -0.273. The Morgan fingerprint density at radius 1 is 1.21 bits per heavy atom. The Kier molecular flexibility index (Phi) is 8.12. The monoisotopic (exact) mass is 346 g/mol. The number of ether oxygens (including phenoxy) is 3. The second-order valence-electron chi connectivity index (χ2n) is 8.00. The fourth-order valence-corrected chi connectivity index (χ4v) is 2.65. The van der Waals surface area contributed by atoms with Gasteiger partial charge in [-0.3, -0.25) is 4.79 Å². The molecule has 1 heterocycles. The van der Waals surface area contributed by atoms with Gasteiger partial charge in [0.05, 0.1) is 18.3 Å². The lowest BCUT2D eigenvalue weighted by Crippen LogP contribution is -2.48. The lowest BCUT2D eigenvalue weighted by Gasteiger charge is -2.36. The van der Waals surface area contributed by atoms with Crippen molar-refractivity contribution in [1.29, 1.82) is 0 Å². The summed E-state index contributed by atoms with van der Waals surface area (Å²) in [7, 11) is 0. The highest BCUT2D eigenvalue weighted by atomic mass is 16.7. The van der Waals surface area contributed by atoms with Gasteiger partial charge in [0.2, 0.25) is 0 Å². The van der Waals surface area contributed by atoms with E-state index >= 15 is 0 Å². The summed E-state index contributed by atoms with van der Waals surface area (Å²) in [5.74, 6) is 0.0151. The molecule has 6 heteroatoms. The van der Waals surface area contributed by atoms with Crippen LogP contribution in [0.25, 0.3) is 0 Å². The molecule has 6 atom stereocenters. The van der Waals surface area contributed by atoms with Gasteiger partial charge in [-0.05, 0) is 53.4 Å². The lowest BCUT2D eigenvalue weighted by atomic mass is 9.99. The third-order valence-corrected chi connectivity index (χ3v) is 4.06. The van der Waals surface area contributed by atoms with Crippen LogP contribution in [0.5, 0.6) is 0 Å². The van der Waals surface area contributed by atoms with E-state index in [9.17, 15) is 15.0 Å². The van der Waals surface area contributed by atoms with Gasteiger partial charge in [-0.1, -0.05) is 6.92 Å². The zero-order valence-electron chi connectivity index (χ0n) is 15.8. The minimum absolute atomic E-state index is 0.104. The number of carbonyl (C=O) groups excluding carboxylic acids is 1. The van der Waals surface area contributed by atoms with E-state index in [4.69, 9.17) is 14.2 Å². The van der Waals surface area contributed by atoms with Crippen molar-refractivity contribution in [3.63, 3.8) is 0 Å². The quantitative estimate of drug-likeness (QED) is 0.689. The van der Waals surface area contributed by atoms with Crippen molar-refractivity contribution in [3.05, 3.63) is 0 Å². The summed E-state index contributed by atoms with van der Waals surface area (Å²) >= 11 is 0. The first-order valence-electron chi connectivity index (χ1n) is 8.87. The van der Waals surface area contributed by atoms with Crippen LogP contribution in [0.2, 0.25) is 0 Å². The van der Waals surface area contributed by atoms with Crippen molar-refractivity contribution in [2.24, 2.45) is 5.92 Å². The normalized spacial score (nSPS) is 30.7. The molecule has 1 rings (SSSR count). The van der Waals surface area contributed by atoms with E-state index in [2.05, 4.69) is 0 Å². The van der Waals surface area contributed by atoms with Gasteiger partial charge in [-0.2, -0.15) is 0 Å². The molecule has 2 N–H and O–H groups in total. The summed E-state index contributed by atoms with van der Waals surface area (Å²) in [6, 6.07) is 0. The summed E-state index contributed by atoms with van der Waals surface area (Å²) in [4.78, 5) is 11.8. The van der Waals surface area contributed by atoms with Crippen molar-refractivity contribution in [1.82, 2.24) is 0 Å². The van der Waals surface area contributed by atoms with Crippen LogP contribution in [0, 0.1) is 5.92 Å². The Morgan fingerprint density at radius 3 is 2.42 bits per heavy atom. The Hall–Kier alpha value is -0.690. The van der Waals surface area contributed by atoms with Gasteiger partial charge in [0.25, 0.3) is 0 Å². The number of hydrogen-bond donors (Lipinski definition) is 2. The minimum Gasteiger partial charge on any atom is -0.460 e. The van der Waals surface area contributed by atoms with Crippen molar-refractivity contribution >= 4 is 5.97 Å². The highest BCUT2D eigenvalue weighted by Crippen LogP contribution is 2.24. The van der Waals surface area contributed by atoms with E-state index in [0.29, 0.717) is 6.42 Å². The molecule has 24 heavy (non-hydrogen) atoms. The molecule has 0 aromatic rings. The third-order valence-electron chi connectivity index (χ3n) is 4.06. The molecule has 1 saturated heterocycles. The predicted molar refractivity (Wildman–Crippen MR) is 90.4 cm³/mol. The maximum absolute atomic E-state index is 11.8. The molecule has 1 aliphatic rings. The first kappa shape index (κ1) is 21.4. The van der Waals surface area contributed by atoms with Crippen LogP contribution >= 0.6 is 0 Å². The number of hydrogen-bond acceptors (Lipinski definition) is 6. The molecule has 0 aliphatic carbocycles. The maximum atomic E-state index is 11.8. The smallest absolute Gasteiger partial charge is 0.306 e. The second kappa shape index (κ2) is 9.13. The van der Waals surface area contributed by atoms with E-state index < -0.39 is 24.1 Å². The summed E-state index contributed by atoms with van der Waals surface area (Å²) in [6.45, 7) is 11.3. The fourth-order valence-electron chi connectivity index (χ4n) is 2.65. The van der Waals surface area contributed by atoms with Crippen LogP contribution < -0.4 is 0 Å². The third kappa shape index (κ3) is 7.92. The Labute approximate surface area is 145 Å². The minimum atomic E-state index is -0.821. The summed E-state index contributed by atoms with van der Waals surface area (Å²) in [5.41, 5.74) is -0.455. The summed E-state index contributed by atoms with van der Waals surface area (Å²) < 4.78 is 16.6. The maximum Gasteiger partial charge on any atom is 0.306 e. The van der Waals surface area contributed by atoms with Crippen LogP contribution in [0.3, 0.4) is 0 Å². The fraction of sp³-hybridized carbons (Fsp3) is 0.944. The number of aliphatic hydroxyl groups is 2. The van der Waals surface area contributed by atoms with Gasteiger partial charge in [-0.25, -0.2) is 0 Å². The second-order valence-corrected chi connectivity index (χ2v) is 8.00. The molecule has 0 unspecified atom stereocenters. The SMILES string of the molecule is C[C@@H](CC[C@@H](C)O[C@@H]1O[C@@H](C)[C@H](O)C[C@H]1O)CC(=O)OC(C)(C)C. The molecule has 0 saturated carbocycles. The van der Waals surface area contributed by atoms with Gasteiger partial charge in [0, 0.05) is 12.8 Å². The van der Waals surface area contributed by atoms with Gasteiger partial charge in [0.1, 0.15) is 11.7 Å². The van der Waals surface area contributed by atoms with E-state index in [1.807, 2.05) is 34.6 Å². The molecule has 0 radical (unpaired) electrons. The average molecular weight is 346 g/mol. The van der Waals surface area contributed by atoms with Crippen LogP contribution in [0.4, 0.5) is 0 Å². The highest BCUT2D eigenvalue weighted by molar-refractivity contribution is 5.70. The molecule has 1 fully saturated rings. The van der Waals surface area contributed by atoms with Crippen molar-refractivity contribution in [2.75, 3.05) is 0 Å². The predicted octanol–water partition coefficient (Wildman–Crippen LogP) is 2.40. The first-order chi connectivity index (χ1) is 11.0. The molecule has 142 valence electrons. The van der Waals surface area contributed by atoms with Crippen molar-refractivity contribution in [3.8, 4) is 0 Å². The topological polar surface area (TPSA) is 85.2 Å². The van der Waals surface area contributed by atoms with Gasteiger partial charge < -0.3 is 24.4 Å². The average Bonchev–Trinajstić information content (AvgIpc) is 2.40. The van der Waals surface area contributed by atoms with Crippen LogP contribution in [-0.2, 0) is 19.0 Å². The van der Waals surface area contributed by atoms with E-state index in [0.717, 1.165) is 12.8 Å². The number of rotatable bonds is 7. The molecule has 0 spiro atoms. The van der Waals surface area contributed by atoms with Gasteiger partial charge >= 0.3 is 5.97 Å². The molecule has 0 bridgehead atoms. The Morgan fingerprint density at radius 2 is 1.83 bits per heavy atom. The zero-order chi connectivity index (χ0) is 18.5. The Bertz CT molecular complexity index is 391. The number of aliphatic hydroxyl groups excluding tert-OH is 2. The Balaban J connectivity index is 2.30. The van der Waals surface area contributed by atoms with Crippen LogP contribution in [0.15, 0.2) is 0 Å². The van der Waals surface area contributed by atoms with Crippen molar-refractivity contribution < 1.29 is 29.2 Å². The number of esters is 1. The molecule has 0 aromatic heterocycles. The van der Waals surface area contributed by atoms with Crippen LogP contribution in [-0.4, -0.2) is 52.5 Å². The van der Waals surface area contributed by atoms with E-state index in [-0.39, 0.29) is 30.5 Å². The summed E-state index contributed by atoms with van der Waals surface area (Å²) in [5, 5.41) is 19.6. The standard InChI is InChI=1S/C18H34O6/c1-11(9-16(21)24-18(4,5)6)7-8-12(2)22-17-15(20)10-14(19)13(3)23-17/h11-15,17,19-20H,7-10H2,1-6H3/t11-,12+,13-,14+,15+,17+/m0/s1. The van der Waals surface area contributed by atoms with Gasteiger partial charge in [0.15, 0.2) is 6.29 Å². The van der Waals surface area contributed by atoms with Crippen molar-refractivity contribution in [2.45, 2.75) is 104 Å². The largest absolute Gasteiger partial charge is 0.460 e. The van der Waals surface area contributed by atoms with Crippen LogP contribution in [0.1, 0.15) is 67.2 Å². The molecule has 0 amide bonds. The highest BCUT2D eigenvalue weighted by Gasteiger charge is 2.35. The zero-order valence-corrected chi connectivity index (χ0v) is 15.8. The van der Waals surface area contributed by atoms with Gasteiger partial charge in [-0.15, -0.1) is 0 Å². The molecular weight excluding hydrogens is 312 g/mol. The summed E-state index contributed by atoms with van der Waals surface area (Å²) in [6.07, 6.45) is -0.426. The molecule has 6 nitrogen and oxygen atoms in total. The molecular formula is C18H34O6. The van der Waals surface area contributed by atoms with E-state index in [1.54, 1.807) is 6.92 Å². The molecule has 1 aliphatic heterocycles. The number of carbonyl (C=O) groups is 1. The first-order valence-corrected chi connectivity index (χ1v) is 8.87. The molecule has 0 aromatic carbocycles. The van der Waals surface area contributed by atoms with E-state index in [1.165, 1.54) is 0 Å².